The molecule has 0 spiro atoms. The van der Waals surface area contributed by atoms with Crippen molar-refractivity contribution in [2.24, 2.45) is 0 Å². The van der Waals surface area contributed by atoms with Crippen molar-refractivity contribution in [3.05, 3.63) is 107 Å². The maximum absolute atomic E-state index is 13.5. The first-order valence-electron chi connectivity index (χ1n) is 12.7. The zero-order valence-electron chi connectivity index (χ0n) is 21.0. The van der Waals surface area contributed by atoms with Gasteiger partial charge in [-0.3, -0.25) is 0 Å². The van der Waals surface area contributed by atoms with Gasteiger partial charge in [0.15, 0.2) is 5.60 Å². The number of ether oxygens (including phenoxy) is 2. The molecular weight excluding hydrogens is 522 g/mol. The molecule has 0 radical (unpaired) electrons. The first-order valence-corrected chi connectivity index (χ1v) is 12.7. The number of carbonyl (C=O) groups excluding carboxylic acids is 1. The minimum atomic E-state index is -4.94. The summed E-state index contributed by atoms with van der Waals surface area (Å²) in [4.78, 5) is 13.5. The monoisotopic (exact) mass is 550 g/mol. The van der Waals surface area contributed by atoms with E-state index in [1.54, 1.807) is 0 Å². The molecule has 0 N–H and O–H groups in total. The second kappa shape index (κ2) is 11.8. The Bertz CT molecular complexity index is 1210. The van der Waals surface area contributed by atoms with E-state index in [0.717, 1.165) is 11.1 Å². The summed E-state index contributed by atoms with van der Waals surface area (Å²) >= 11 is 0. The van der Waals surface area contributed by atoms with Gasteiger partial charge >= 0.3 is 18.3 Å². The molecular formula is C30H28F6O3. The highest BCUT2D eigenvalue weighted by molar-refractivity contribution is 5.81. The van der Waals surface area contributed by atoms with Gasteiger partial charge in [-0.1, -0.05) is 60.7 Å². The molecule has 4 rings (SSSR count). The largest absolute Gasteiger partial charge is 0.463 e. The van der Waals surface area contributed by atoms with Gasteiger partial charge in [-0.25, -0.2) is 4.79 Å². The molecule has 0 bridgehead atoms. The molecule has 0 heterocycles. The smallest absolute Gasteiger partial charge is 0.416 e. The molecule has 1 fully saturated rings. The molecule has 1 aliphatic rings. The third-order valence-corrected chi connectivity index (χ3v) is 7.02. The van der Waals surface area contributed by atoms with Crippen LogP contribution in [0.3, 0.4) is 0 Å². The molecule has 0 saturated heterocycles. The lowest BCUT2D eigenvalue weighted by atomic mass is 9.84. The summed E-state index contributed by atoms with van der Waals surface area (Å²) < 4.78 is 91.5. The van der Waals surface area contributed by atoms with Crippen LogP contribution in [0.4, 0.5) is 26.3 Å². The third-order valence-electron chi connectivity index (χ3n) is 7.02. The highest BCUT2D eigenvalue weighted by Gasteiger charge is 2.52. The van der Waals surface area contributed by atoms with Gasteiger partial charge in [0, 0.05) is 12.3 Å². The normalized spacial score (nSPS) is 19.7. The molecule has 3 nitrogen and oxygen atoms in total. The van der Waals surface area contributed by atoms with Crippen molar-refractivity contribution in [1.29, 1.82) is 0 Å². The molecule has 0 aromatic heterocycles. The number of alkyl halides is 6. The molecule has 9 heteroatoms. The summed E-state index contributed by atoms with van der Waals surface area (Å²) in [7, 11) is 0. The Morgan fingerprint density at radius 1 is 0.769 bits per heavy atom. The zero-order valence-corrected chi connectivity index (χ0v) is 21.0. The second-order valence-corrected chi connectivity index (χ2v) is 9.63. The zero-order chi connectivity index (χ0) is 28.1. The molecule has 2 unspecified atom stereocenters. The van der Waals surface area contributed by atoms with Crippen molar-refractivity contribution in [1.82, 2.24) is 0 Å². The van der Waals surface area contributed by atoms with Gasteiger partial charge in [-0.15, -0.1) is 0 Å². The fourth-order valence-electron chi connectivity index (χ4n) is 5.12. The molecule has 0 amide bonds. The minimum absolute atomic E-state index is 0.0956. The summed E-state index contributed by atoms with van der Waals surface area (Å²) in [6, 6.07) is 20.2. The first-order chi connectivity index (χ1) is 18.5. The number of carbonyl (C=O) groups is 1. The van der Waals surface area contributed by atoms with Crippen LogP contribution in [-0.2, 0) is 39.5 Å². The Balaban J connectivity index is 1.54. The van der Waals surface area contributed by atoms with Crippen molar-refractivity contribution in [2.75, 3.05) is 13.2 Å². The quantitative estimate of drug-likeness (QED) is 0.202. The first kappa shape index (κ1) is 28.7. The Morgan fingerprint density at radius 3 is 1.92 bits per heavy atom. The van der Waals surface area contributed by atoms with Crippen molar-refractivity contribution in [3.8, 4) is 0 Å². The van der Waals surface area contributed by atoms with Crippen LogP contribution in [0.15, 0.2) is 78.9 Å². The fourth-order valence-corrected chi connectivity index (χ4v) is 5.12. The van der Waals surface area contributed by atoms with Gasteiger partial charge in [0.1, 0.15) is 0 Å². The second-order valence-electron chi connectivity index (χ2n) is 9.63. The van der Waals surface area contributed by atoms with Gasteiger partial charge in [0.2, 0.25) is 0 Å². The number of benzene rings is 3. The Morgan fingerprint density at radius 2 is 1.33 bits per heavy atom. The lowest BCUT2D eigenvalue weighted by molar-refractivity contribution is -0.174. The Kier molecular flexibility index (Phi) is 8.69. The highest BCUT2D eigenvalue weighted by atomic mass is 19.4. The lowest BCUT2D eigenvalue weighted by Crippen LogP contribution is -2.46. The number of rotatable bonds is 9. The van der Waals surface area contributed by atoms with Crippen LogP contribution in [0.25, 0.3) is 0 Å². The molecule has 39 heavy (non-hydrogen) atoms. The van der Waals surface area contributed by atoms with Crippen LogP contribution >= 0.6 is 0 Å². The average Bonchev–Trinajstić information content (AvgIpc) is 3.34. The maximum Gasteiger partial charge on any atom is 0.416 e. The third kappa shape index (κ3) is 7.01. The van der Waals surface area contributed by atoms with Crippen molar-refractivity contribution in [3.63, 3.8) is 0 Å². The summed E-state index contributed by atoms with van der Waals surface area (Å²) in [6.07, 6.45) is -8.03. The van der Waals surface area contributed by atoms with E-state index in [4.69, 9.17) is 9.47 Å². The molecule has 1 aliphatic carbocycles. The van der Waals surface area contributed by atoms with Gasteiger partial charge < -0.3 is 9.47 Å². The SMILES string of the molecule is O=C(OCCc1ccccc1)C1(OCCc2cc(C(F)(F)F)cc(C(F)(F)F)c2)CCCC1c1ccccc1. The summed E-state index contributed by atoms with van der Waals surface area (Å²) in [6.45, 7) is -0.145. The van der Waals surface area contributed by atoms with E-state index in [9.17, 15) is 31.1 Å². The van der Waals surface area contributed by atoms with Crippen LogP contribution in [0.1, 0.15) is 53.0 Å². The lowest BCUT2D eigenvalue weighted by Gasteiger charge is -2.34. The van der Waals surface area contributed by atoms with Gasteiger partial charge in [-0.05, 0) is 60.6 Å². The number of halogens is 6. The van der Waals surface area contributed by atoms with Crippen LogP contribution in [0.2, 0.25) is 0 Å². The van der Waals surface area contributed by atoms with E-state index < -0.39 is 35.0 Å². The van der Waals surface area contributed by atoms with Crippen LogP contribution in [0, 0.1) is 0 Å². The van der Waals surface area contributed by atoms with E-state index in [1.807, 2.05) is 60.7 Å². The molecule has 1 saturated carbocycles. The van der Waals surface area contributed by atoms with Crippen molar-refractivity contribution < 1.29 is 40.6 Å². The van der Waals surface area contributed by atoms with Gasteiger partial charge in [0.25, 0.3) is 0 Å². The Labute approximate surface area is 222 Å². The maximum atomic E-state index is 13.5. The molecule has 0 aliphatic heterocycles. The predicted molar refractivity (Wildman–Crippen MR) is 133 cm³/mol. The van der Waals surface area contributed by atoms with Crippen molar-refractivity contribution >= 4 is 5.97 Å². The predicted octanol–water partition coefficient (Wildman–Crippen LogP) is 7.78. The van der Waals surface area contributed by atoms with E-state index in [2.05, 4.69) is 0 Å². The molecule has 3 aromatic rings. The van der Waals surface area contributed by atoms with Crippen molar-refractivity contribution in [2.45, 2.75) is 56.0 Å². The van der Waals surface area contributed by atoms with E-state index >= 15 is 0 Å². The van der Waals surface area contributed by atoms with Crippen LogP contribution in [0.5, 0.6) is 0 Å². The highest BCUT2D eigenvalue weighted by Crippen LogP contribution is 2.46. The van der Waals surface area contributed by atoms with E-state index in [0.29, 0.717) is 37.8 Å². The number of hydrogen-bond donors (Lipinski definition) is 0. The number of hydrogen-bond acceptors (Lipinski definition) is 3. The Hall–Kier alpha value is -3.33. The average molecular weight is 551 g/mol. The van der Waals surface area contributed by atoms with Gasteiger partial charge in [0.05, 0.1) is 24.3 Å². The standard InChI is InChI=1S/C30H28F6O3/c31-29(32,33)24-18-22(19-25(20-24)30(34,35)36)14-17-39-28(15-7-12-26(28)23-10-5-2-6-11-23)27(37)38-16-13-21-8-3-1-4-9-21/h1-6,8-11,18-20,26H,7,12-17H2. The number of esters is 1. The topological polar surface area (TPSA) is 35.5 Å². The van der Waals surface area contributed by atoms with E-state index in [1.165, 1.54) is 0 Å². The fraction of sp³-hybridized carbons (Fsp3) is 0.367. The summed E-state index contributed by atoms with van der Waals surface area (Å²) in [5.41, 5.74) is -2.51. The summed E-state index contributed by atoms with van der Waals surface area (Å²) in [5, 5.41) is 0. The molecule has 2 atom stereocenters. The van der Waals surface area contributed by atoms with Crippen LogP contribution < -0.4 is 0 Å². The molecule has 3 aromatic carbocycles. The van der Waals surface area contributed by atoms with E-state index in [-0.39, 0.29) is 37.2 Å². The van der Waals surface area contributed by atoms with Crippen LogP contribution in [-0.4, -0.2) is 24.8 Å². The minimum Gasteiger partial charge on any atom is -0.463 e. The summed E-state index contributed by atoms with van der Waals surface area (Å²) in [5.74, 6) is -0.944. The van der Waals surface area contributed by atoms with Gasteiger partial charge in [-0.2, -0.15) is 26.3 Å². The molecule has 208 valence electrons.